The largest absolute Gasteiger partial charge is 0.374 e. The van der Waals surface area contributed by atoms with Crippen molar-refractivity contribution in [2.75, 3.05) is 13.2 Å². The fraction of sp³-hybridized carbons (Fsp3) is 0.800. The van der Waals surface area contributed by atoms with Crippen molar-refractivity contribution < 1.29 is 9.26 Å². The SMILES string of the molecule is CCOCc1noc(C2NCCC2C)n1. The lowest BCUT2D eigenvalue weighted by molar-refractivity contribution is 0.126. The van der Waals surface area contributed by atoms with E-state index < -0.39 is 0 Å². The Morgan fingerprint density at radius 2 is 2.47 bits per heavy atom. The van der Waals surface area contributed by atoms with Gasteiger partial charge in [0.2, 0.25) is 5.89 Å². The maximum absolute atomic E-state index is 5.22. The molecule has 0 aromatic carbocycles. The van der Waals surface area contributed by atoms with Gasteiger partial charge in [-0.1, -0.05) is 12.1 Å². The molecule has 1 aliphatic rings. The Kier molecular flexibility index (Phi) is 3.33. The number of rotatable bonds is 4. The van der Waals surface area contributed by atoms with E-state index in [1.807, 2.05) is 6.92 Å². The molecule has 84 valence electrons. The van der Waals surface area contributed by atoms with Gasteiger partial charge < -0.3 is 14.6 Å². The van der Waals surface area contributed by atoms with Crippen molar-refractivity contribution in [2.24, 2.45) is 5.92 Å². The Hall–Kier alpha value is -0.940. The monoisotopic (exact) mass is 211 g/mol. The van der Waals surface area contributed by atoms with Crippen molar-refractivity contribution in [3.05, 3.63) is 11.7 Å². The molecule has 15 heavy (non-hydrogen) atoms. The molecule has 0 bridgehead atoms. The molecule has 0 saturated carbocycles. The van der Waals surface area contributed by atoms with Crippen molar-refractivity contribution >= 4 is 0 Å². The van der Waals surface area contributed by atoms with Gasteiger partial charge in [0.1, 0.15) is 6.61 Å². The van der Waals surface area contributed by atoms with Gasteiger partial charge in [0.05, 0.1) is 6.04 Å². The second-order valence-electron chi connectivity index (χ2n) is 3.88. The van der Waals surface area contributed by atoms with Crippen LogP contribution < -0.4 is 5.32 Å². The first-order chi connectivity index (χ1) is 7.31. The summed E-state index contributed by atoms with van der Waals surface area (Å²) in [6.45, 7) is 6.26. The first-order valence-electron chi connectivity index (χ1n) is 5.45. The van der Waals surface area contributed by atoms with Gasteiger partial charge in [-0.05, 0) is 25.8 Å². The van der Waals surface area contributed by atoms with Crippen LogP contribution in [0, 0.1) is 5.92 Å². The Morgan fingerprint density at radius 1 is 1.60 bits per heavy atom. The molecule has 1 aromatic rings. The number of nitrogens with one attached hydrogen (secondary N) is 1. The van der Waals surface area contributed by atoms with Crippen molar-refractivity contribution in [3.63, 3.8) is 0 Å². The van der Waals surface area contributed by atoms with Gasteiger partial charge in [-0.25, -0.2) is 0 Å². The van der Waals surface area contributed by atoms with E-state index in [9.17, 15) is 0 Å². The van der Waals surface area contributed by atoms with E-state index in [0.29, 0.717) is 30.8 Å². The molecule has 5 nitrogen and oxygen atoms in total. The fourth-order valence-corrected chi connectivity index (χ4v) is 1.81. The number of aromatic nitrogens is 2. The van der Waals surface area contributed by atoms with Crippen molar-refractivity contribution in [1.29, 1.82) is 0 Å². The van der Waals surface area contributed by atoms with Crippen molar-refractivity contribution in [1.82, 2.24) is 15.5 Å². The van der Waals surface area contributed by atoms with Gasteiger partial charge >= 0.3 is 0 Å². The molecular formula is C10H17N3O2. The summed E-state index contributed by atoms with van der Waals surface area (Å²) >= 11 is 0. The molecule has 0 spiro atoms. The quantitative estimate of drug-likeness (QED) is 0.812. The smallest absolute Gasteiger partial charge is 0.244 e. The van der Waals surface area contributed by atoms with Crippen LogP contribution in [0.3, 0.4) is 0 Å². The topological polar surface area (TPSA) is 60.2 Å². The molecule has 0 amide bonds. The minimum absolute atomic E-state index is 0.216. The van der Waals surface area contributed by atoms with Gasteiger partial charge in [-0.2, -0.15) is 4.98 Å². The highest BCUT2D eigenvalue weighted by Crippen LogP contribution is 2.27. The zero-order valence-electron chi connectivity index (χ0n) is 9.19. The molecule has 2 rings (SSSR count). The number of ether oxygens (including phenoxy) is 1. The third kappa shape index (κ3) is 2.35. The summed E-state index contributed by atoms with van der Waals surface area (Å²) in [7, 11) is 0. The van der Waals surface area contributed by atoms with Crippen LogP contribution in [-0.2, 0) is 11.3 Å². The number of hydrogen-bond acceptors (Lipinski definition) is 5. The maximum Gasteiger partial charge on any atom is 0.244 e. The molecule has 1 aliphatic heterocycles. The normalized spacial score (nSPS) is 26.0. The van der Waals surface area contributed by atoms with Gasteiger partial charge in [-0.15, -0.1) is 0 Å². The Balaban J connectivity index is 1.99. The van der Waals surface area contributed by atoms with E-state index >= 15 is 0 Å². The third-order valence-electron chi connectivity index (χ3n) is 2.72. The van der Waals surface area contributed by atoms with Crippen LogP contribution in [0.15, 0.2) is 4.52 Å². The number of nitrogens with zero attached hydrogens (tertiary/aromatic N) is 2. The molecule has 2 unspecified atom stereocenters. The Bertz CT molecular complexity index is 313. The minimum Gasteiger partial charge on any atom is -0.374 e. The molecule has 1 saturated heterocycles. The summed E-state index contributed by atoms with van der Waals surface area (Å²) in [5.74, 6) is 1.88. The van der Waals surface area contributed by atoms with Crippen LogP contribution in [0.4, 0.5) is 0 Å². The molecule has 1 fully saturated rings. The molecule has 1 aromatic heterocycles. The predicted octanol–water partition coefficient (Wildman–Crippen LogP) is 1.28. The lowest BCUT2D eigenvalue weighted by atomic mass is 10.0. The third-order valence-corrected chi connectivity index (χ3v) is 2.72. The highest BCUT2D eigenvalue weighted by atomic mass is 16.5. The van der Waals surface area contributed by atoms with Crippen molar-refractivity contribution in [2.45, 2.75) is 32.9 Å². The fourth-order valence-electron chi connectivity index (χ4n) is 1.81. The Morgan fingerprint density at radius 3 is 3.13 bits per heavy atom. The van der Waals surface area contributed by atoms with E-state index in [-0.39, 0.29) is 6.04 Å². The van der Waals surface area contributed by atoms with Gasteiger partial charge in [0.25, 0.3) is 0 Å². The zero-order valence-corrected chi connectivity index (χ0v) is 9.19. The average Bonchev–Trinajstić information content (AvgIpc) is 2.83. The second-order valence-corrected chi connectivity index (χ2v) is 3.88. The van der Waals surface area contributed by atoms with Gasteiger partial charge in [-0.3, -0.25) is 0 Å². The first-order valence-corrected chi connectivity index (χ1v) is 5.45. The van der Waals surface area contributed by atoms with Gasteiger partial charge in [0.15, 0.2) is 5.82 Å². The zero-order chi connectivity index (χ0) is 10.7. The lowest BCUT2D eigenvalue weighted by Crippen LogP contribution is -2.16. The summed E-state index contributed by atoms with van der Waals surface area (Å²) in [6, 6.07) is 0.216. The average molecular weight is 211 g/mol. The lowest BCUT2D eigenvalue weighted by Gasteiger charge is -2.09. The van der Waals surface area contributed by atoms with E-state index in [4.69, 9.17) is 9.26 Å². The molecule has 2 heterocycles. The minimum atomic E-state index is 0.216. The molecule has 1 N–H and O–H groups in total. The van der Waals surface area contributed by atoms with Crippen LogP contribution in [-0.4, -0.2) is 23.3 Å². The first kappa shape index (κ1) is 10.6. The maximum atomic E-state index is 5.22. The van der Waals surface area contributed by atoms with Crippen LogP contribution in [0.5, 0.6) is 0 Å². The molecule has 0 radical (unpaired) electrons. The summed E-state index contributed by atoms with van der Waals surface area (Å²) in [4.78, 5) is 4.31. The second kappa shape index (κ2) is 4.72. The van der Waals surface area contributed by atoms with Crippen molar-refractivity contribution in [3.8, 4) is 0 Å². The number of hydrogen-bond donors (Lipinski definition) is 1. The Labute approximate surface area is 89.2 Å². The summed E-state index contributed by atoms with van der Waals surface area (Å²) in [5, 5.41) is 7.24. The van der Waals surface area contributed by atoms with E-state index in [1.165, 1.54) is 0 Å². The van der Waals surface area contributed by atoms with Crippen LogP contribution in [0.1, 0.15) is 38.0 Å². The van der Waals surface area contributed by atoms with Crippen LogP contribution >= 0.6 is 0 Å². The molecule has 5 heteroatoms. The molecule has 2 atom stereocenters. The van der Waals surface area contributed by atoms with E-state index in [1.54, 1.807) is 0 Å². The van der Waals surface area contributed by atoms with E-state index in [0.717, 1.165) is 13.0 Å². The van der Waals surface area contributed by atoms with E-state index in [2.05, 4.69) is 22.4 Å². The highest BCUT2D eigenvalue weighted by molar-refractivity contribution is 4.97. The van der Waals surface area contributed by atoms with Crippen LogP contribution in [0.25, 0.3) is 0 Å². The standard InChI is InChI=1S/C10H17N3O2/c1-3-14-6-8-12-10(15-13-8)9-7(2)4-5-11-9/h7,9,11H,3-6H2,1-2H3. The summed E-state index contributed by atoms with van der Waals surface area (Å²) in [6.07, 6.45) is 1.16. The molecular weight excluding hydrogens is 194 g/mol. The highest BCUT2D eigenvalue weighted by Gasteiger charge is 2.29. The predicted molar refractivity (Wildman–Crippen MR) is 54.2 cm³/mol. The summed E-state index contributed by atoms with van der Waals surface area (Å²) in [5.41, 5.74) is 0. The molecule has 0 aliphatic carbocycles. The van der Waals surface area contributed by atoms with Gasteiger partial charge in [0, 0.05) is 6.61 Å². The van der Waals surface area contributed by atoms with Crippen LogP contribution in [0.2, 0.25) is 0 Å². The summed E-state index contributed by atoms with van der Waals surface area (Å²) < 4.78 is 10.4.